The molecule has 55 heavy (non-hydrogen) atoms. The van der Waals surface area contributed by atoms with Crippen LogP contribution < -0.4 is 10.0 Å². The smallest absolute Gasteiger partial charge is 0.240 e. The summed E-state index contributed by atoms with van der Waals surface area (Å²) in [6, 6.07) is -1.73. The zero-order valence-electron chi connectivity index (χ0n) is 35.2. The highest BCUT2D eigenvalue weighted by molar-refractivity contribution is 7.90. The molecular formula is C43H68N4O7S. The van der Waals surface area contributed by atoms with Gasteiger partial charge in [0.15, 0.2) is 11.6 Å². The second-order valence-electron chi connectivity index (χ2n) is 21.2. The van der Waals surface area contributed by atoms with Crippen LogP contribution in [0.5, 0.6) is 0 Å². The van der Waals surface area contributed by atoms with Crippen molar-refractivity contribution in [3.63, 3.8) is 0 Å². The maximum atomic E-state index is 15.2. The number of carbonyl (C=O) groups excluding carboxylic acids is 5. The summed E-state index contributed by atoms with van der Waals surface area (Å²) in [6.45, 7) is 25.4. The Kier molecular flexibility index (Phi) is 10.5. The van der Waals surface area contributed by atoms with E-state index in [0.29, 0.717) is 32.2 Å². The third kappa shape index (κ3) is 6.94. The average Bonchev–Trinajstić information content (AvgIpc) is 3.97. The summed E-state index contributed by atoms with van der Waals surface area (Å²) in [5.41, 5.74) is -2.82. The molecule has 3 amide bonds. The van der Waals surface area contributed by atoms with Crippen LogP contribution >= 0.6 is 0 Å². The van der Waals surface area contributed by atoms with E-state index in [0.717, 1.165) is 38.6 Å². The Morgan fingerprint density at radius 3 is 2.00 bits per heavy atom. The summed E-state index contributed by atoms with van der Waals surface area (Å²) in [7, 11) is -3.82. The second-order valence-corrected chi connectivity index (χ2v) is 23.2. The number of carbonyl (C=O) groups is 5. The monoisotopic (exact) mass is 784 g/mol. The number of allylic oxidation sites excluding steroid dienone is 1. The Morgan fingerprint density at radius 1 is 0.891 bits per heavy atom. The SMILES string of the molecule is C=C[C@@H]1C[C@]1(CC(=O)[C@@H]1C[C@@]2(CN1C(=O)[C@@H](CC(=O)[C@@H](NC(=O)[C@@H]1CCCN1C(C)C)C(C)(C)C)C(C)(C)C)C(C)(C)C21CCC1)C(=O)NS(=O)(=O)C1CC1. The Hall–Kier alpha value is -2.60. The van der Waals surface area contributed by atoms with Gasteiger partial charge in [-0.05, 0) is 99.3 Å². The molecule has 11 nitrogen and oxygen atoms in total. The minimum atomic E-state index is -3.82. The van der Waals surface area contributed by atoms with Gasteiger partial charge < -0.3 is 10.2 Å². The van der Waals surface area contributed by atoms with Gasteiger partial charge in [0.25, 0.3) is 0 Å². The van der Waals surface area contributed by atoms with E-state index in [1.807, 2.05) is 41.5 Å². The number of nitrogens with zero attached hydrogens (tertiary/aromatic N) is 2. The highest BCUT2D eigenvalue weighted by atomic mass is 32.2. The van der Waals surface area contributed by atoms with Crippen molar-refractivity contribution < 1.29 is 32.4 Å². The topological polar surface area (TPSA) is 150 Å². The molecule has 2 N–H and O–H groups in total. The maximum Gasteiger partial charge on any atom is 0.240 e. The molecule has 308 valence electrons. The van der Waals surface area contributed by atoms with Gasteiger partial charge in [-0.2, -0.15) is 0 Å². The van der Waals surface area contributed by atoms with Crippen molar-refractivity contribution in [2.24, 2.45) is 44.3 Å². The normalized spacial score (nSPS) is 32.2. The van der Waals surface area contributed by atoms with Crippen LogP contribution in [0.1, 0.15) is 140 Å². The van der Waals surface area contributed by atoms with E-state index in [1.54, 1.807) is 11.0 Å². The molecule has 0 aromatic heterocycles. The molecule has 2 aliphatic heterocycles. The molecule has 0 bridgehead atoms. The third-order valence-corrected chi connectivity index (χ3v) is 17.3. The molecular weight excluding hydrogens is 717 g/mol. The van der Waals surface area contributed by atoms with E-state index in [4.69, 9.17) is 0 Å². The van der Waals surface area contributed by atoms with E-state index in [9.17, 15) is 27.6 Å². The van der Waals surface area contributed by atoms with Crippen molar-refractivity contribution in [2.45, 2.75) is 169 Å². The lowest BCUT2D eigenvalue weighted by atomic mass is 9.73. The first-order valence-corrected chi connectivity index (χ1v) is 22.5. The van der Waals surface area contributed by atoms with E-state index in [2.05, 4.69) is 49.2 Å². The number of amides is 3. The van der Waals surface area contributed by atoms with Crippen LogP contribution in [0.2, 0.25) is 0 Å². The summed E-state index contributed by atoms with van der Waals surface area (Å²) in [6.07, 6.45) is 8.01. The number of hydrogen-bond acceptors (Lipinski definition) is 8. The van der Waals surface area contributed by atoms with E-state index in [1.165, 1.54) is 0 Å². The molecule has 7 atom stereocenters. The van der Waals surface area contributed by atoms with Crippen molar-refractivity contribution in [1.29, 1.82) is 0 Å². The molecule has 4 saturated carbocycles. The molecule has 6 fully saturated rings. The summed E-state index contributed by atoms with van der Waals surface area (Å²) in [5, 5.41) is 2.54. The number of likely N-dealkylation sites (tertiary alicyclic amines) is 2. The lowest BCUT2D eigenvalue weighted by Crippen LogP contribution is -2.56. The van der Waals surface area contributed by atoms with Crippen molar-refractivity contribution in [3.8, 4) is 0 Å². The summed E-state index contributed by atoms with van der Waals surface area (Å²) >= 11 is 0. The molecule has 4 aliphatic carbocycles. The van der Waals surface area contributed by atoms with Gasteiger partial charge in [0.05, 0.1) is 28.8 Å². The number of fused-ring (bicyclic) bond motifs is 1. The van der Waals surface area contributed by atoms with Crippen molar-refractivity contribution in [3.05, 3.63) is 12.7 Å². The Bertz CT molecular complexity index is 1730. The molecule has 0 aromatic rings. The summed E-state index contributed by atoms with van der Waals surface area (Å²) < 4.78 is 27.9. The number of hydrogen-bond donors (Lipinski definition) is 2. The fraction of sp³-hybridized carbons (Fsp3) is 0.837. The first-order valence-electron chi connectivity index (χ1n) is 20.9. The lowest BCUT2D eigenvalue weighted by molar-refractivity contribution is -0.147. The lowest BCUT2D eigenvalue weighted by Gasteiger charge is -2.38. The van der Waals surface area contributed by atoms with Crippen LogP contribution in [-0.4, -0.2) is 90.0 Å². The summed E-state index contributed by atoms with van der Waals surface area (Å²) in [5.74, 6) is -2.63. The fourth-order valence-corrected chi connectivity index (χ4v) is 12.8. The van der Waals surface area contributed by atoms with Crippen LogP contribution in [0.25, 0.3) is 0 Å². The molecule has 2 spiro atoms. The molecule has 0 aromatic carbocycles. The molecule has 2 saturated heterocycles. The number of nitrogens with one attached hydrogen (secondary N) is 2. The highest BCUT2D eigenvalue weighted by Gasteiger charge is 2.85. The number of ketones is 2. The minimum Gasteiger partial charge on any atom is -0.344 e. The minimum absolute atomic E-state index is 0.0307. The summed E-state index contributed by atoms with van der Waals surface area (Å²) in [4.78, 5) is 75.7. The Labute approximate surface area is 330 Å². The van der Waals surface area contributed by atoms with Gasteiger partial charge in [-0.1, -0.05) is 67.9 Å². The van der Waals surface area contributed by atoms with Crippen LogP contribution in [-0.2, 0) is 34.0 Å². The van der Waals surface area contributed by atoms with Gasteiger partial charge in [-0.15, -0.1) is 6.58 Å². The number of rotatable bonds is 14. The zero-order valence-corrected chi connectivity index (χ0v) is 36.0. The fourth-order valence-electron chi connectivity index (χ4n) is 11.4. The van der Waals surface area contributed by atoms with Gasteiger partial charge in [-0.3, -0.25) is 33.6 Å². The second kappa shape index (κ2) is 13.8. The van der Waals surface area contributed by atoms with Gasteiger partial charge in [0.2, 0.25) is 27.7 Å². The van der Waals surface area contributed by atoms with Crippen molar-refractivity contribution in [1.82, 2.24) is 19.8 Å². The molecule has 0 radical (unpaired) electrons. The molecule has 6 rings (SSSR count). The average molecular weight is 785 g/mol. The number of Topliss-reactive ketones (excluding diaryl/α,β-unsaturated/α-hetero) is 2. The molecule has 0 unspecified atom stereocenters. The van der Waals surface area contributed by atoms with Crippen LogP contribution in [0, 0.1) is 44.3 Å². The van der Waals surface area contributed by atoms with Crippen LogP contribution in [0.4, 0.5) is 0 Å². The molecule has 2 heterocycles. The maximum absolute atomic E-state index is 15.2. The van der Waals surface area contributed by atoms with E-state index in [-0.39, 0.29) is 70.5 Å². The van der Waals surface area contributed by atoms with Gasteiger partial charge in [0.1, 0.15) is 0 Å². The van der Waals surface area contributed by atoms with Gasteiger partial charge in [0, 0.05) is 36.8 Å². The predicted molar refractivity (Wildman–Crippen MR) is 212 cm³/mol. The highest BCUT2D eigenvalue weighted by Crippen LogP contribution is 2.88. The first-order chi connectivity index (χ1) is 25.3. The van der Waals surface area contributed by atoms with Crippen molar-refractivity contribution >= 4 is 39.3 Å². The quantitative estimate of drug-likeness (QED) is 0.217. The van der Waals surface area contributed by atoms with Gasteiger partial charge in [-0.25, -0.2) is 8.42 Å². The molecule has 6 aliphatic rings. The zero-order chi connectivity index (χ0) is 40.9. The van der Waals surface area contributed by atoms with E-state index < -0.39 is 55.4 Å². The Balaban J connectivity index is 1.27. The number of sulfonamides is 1. The first kappa shape index (κ1) is 42.0. The van der Waals surface area contributed by atoms with Crippen LogP contribution in [0.15, 0.2) is 12.7 Å². The Morgan fingerprint density at radius 2 is 1.53 bits per heavy atom. The van der Waals surface area contributed by atoms with Crippen molar-refractivity contribution in [2.75, 3.05) is 13.1 Å². The molecule has 12 heteroatoms. The van der Waals surface area contributed by atoms with Gasteiger partial charge >= 0.3 is 0 Å². The van der Waals surface area contributed by atoms with E-state index >= 15 is 4.79 Å². The largest absolute Gasteiger partial charge is 0.344 e. The predicted octanol–water partition coefficient (Wildman–Crippen LogP) is 5.57. The third-order valence-electron chi connectivity index (χ3n) is 15.5. The van der Waals surface area contributed by atoms with Crippen LogP contribution in [0.3, 0.4) is 0 Å². The standard InChI is InChI=1S/C43H68N4O7S/c1-12-27-22-41(27,37(52)45-55(53,54)28-16-17-28)24-33(49)31-23-43(40(10,11)42(43)18-14-19-42)25-47(31)36(51)29(38(4,5)6)21-32(48)34(39(7,8)9)44-35(50)30-15-13-20-46(30)26(2)3/h12,26-31,34H,1,13-25H2,2-11H3,(H,44,50)(H,45,52)/t27-,29-,30+,31+,34-,41-,43-/m1/s1.